The van der Waals surface area contributed by atoms with Gasteiger partial charge in [-0.3, -0.25) is 14.4 Å². The fourth-order valence-corrected chi connectivity index (χ4v) is 9.64. The van der Waals surface area contributed by atoms with Gasteiger partial charge in [0.1, 0.15) is 13.2 Å². The maximum atomic E-state index is 12.9. The van der Waals surface area contributed by atoms with Gasteiger partial charge >= 0.3 is 17.9 Å². The molecule has 1 atom stereocenters. The van der Waals surface area contributed by atoms with E-state index in [9.17, 15) is 14.4 Å². The molecule has 0 aromatic carbocycles. The normalized spacial score (nSPS) is 12.2. The van der Waals surface area contributed by atoms with Gasteiger partial charge in [0.2, 0.25) is 0 Å². The van der Waals surface area contributed by atoms with E-state index >= 15 is 0 Å². The van der Waals surface area contributed by atoms with Gasteiger partial charge in [0.05, 0.1) is 0 Å². The van der Waals surface area contributed by atoms with Crippen LogP contribution in [-0.4, -0.2) is 37.2 Å². The number of hydrogen-bond donors (Lipinski definition) is 0. The average Bonchev–Trinajstić information content (AvgIpc) is 3.38. The zero-order valence-corrected chi connectivity index (χ0v) is 48.5. The summed E-state index contributed by atoms with van der Waals surface area (Å²) in [5.74, 6) is -0.858. The van der Waals surface area contributed by atoms with Crippen LogP contribution in [0.5, 0.6) is 0 Å². The quantitative estimate of drug-likeness (QED) is 0.0261. The fourth-order valence-electron chi connectivity index (χ4n) is 9.64. The standard InChI is InChI=1S/C66H122O6/c1-4-7-10-13-16-19-22-25-28-31-33-35-38-41-44-47-50-53-56-59-65(68)71-62-63(61-70-64(67)58-55-52-49-46-43-40-37-30-27-24-21-18-15-12-9-6-3)72-66(69)60-57-54-51-48-45-42-39-36-34-32-29-26-23-20-17-14-11-8-5-2/h9,12,18,21,27,30,63H,4-8,10-11,13-17,19-20,22-26,28-29,31-62H2,1-3H3/b12-9-,21-18-,30-27-. The highest BCUT2D eigenvalue weighted by atomic mass is 16.6. The summed E-state index contributed by atoms with van der Waals surface area (Å²) in [6, 6.07) is 0. The summed E-state index contributed by atoms with van der Waals surface area (Å²) >= 11 is 0. The highest BCUT2D eigenvalue weighted by molar-refractivity contribution is 5.71. The van der Waals surface area contributed by atoms with Crippen molar-refractivity contribution in [3.8, 4) is 0 Å². The van der Waals surface area contributed by atoms with Crippen LogP contribution in [0.1, 0.15) is 348 Å². The Labute approximate surface area is 448 Å². The lowest BCUT2D eigenvalue weighted by molar-refractivity contribution is -0.167. The molecule has 0 saturated carbocycles. The van der Waals surface area contributed by atoms with Crippen molar-refractivity contribution >= 4 is 17.9 Å². The van der Waals surface area contributed by atoms with E-state index in [0.29, 0.717) is 19.3 Å². The molecule has 0 aliphatic carbocycles. The molecular formula is C66H122O6. The number of ether oxygens (including phenoxy) is 3. The second-order valence-corrected chi connectivity index (χ2v) is 21.7. The average molecular weight is 1010 g/mol. The Hall–Kier alpha value is -2.37. The molecule has 0 aromatic heterocycles. The maximum Gasteiger partial charge on any atom is 0.306 e. The minimum Gasteiger partial charge on any atom is -0.462 e. The van der Waals surface area contributed by atoms with Gasteiger partial charge in [-0.05, 0) is 51.4 Å². The number of unbranched alkanes of at least 4 members (excludes halogenated alkanes) is 42. The molecule has 1 unspecified atom stereocenters. The Bertz CT molecular complexity index is 1210. The first-order valence-corrected chi connectivity index (χ1v) is 32.0. The highest BCUT2D eigenvalue weighted by Crippen LogP contribution is 2.18. The van der Waals surface area contributed by atoms with Gasteiger partial charge in [-0.1, -0.05) is 314 Å². The lowest BCUT2D eigenvalue weighted by atomic mass is 10.0. The molecule has 0 spiro atoms. The summed E-state index contributed by atoms with van der Waals surface area (Å²) in [6.07, 6.45) is 74.3. The van der Waals surface area contributed by atoms with Crippen molar-refractivity contribution < 1.29 is 28.6 Å². The largest absolute Gasteiger partial charge is 0.462 e. The SMILES string of the molecule is CC/C=C\C/C=C\C/C=C\CCCCCCCCC(=O)OCC(COC(=O)CCCCCCCCCCCCCCCCCCCCC)OC(=O)CCCCCCCCCCCCCCCCCCCCC. The molecule has 72 heavy (non-hydrogen) atoms. The van der Waals surface area contributed by atoms with Crippen molar-refractivity contribution in [2.45, 2.75) is 354 Å². The smallest absolute Gasteiger partial charge is 0.306 e. The molecule has 0 saturated heterocycles. The van der Waals surface area contributed by atoms with Crippen LogP contribution in [0.25, 0.3) is 0 Å². The minimum absolute atomic E-state index is 0.0707. The molecule has 0 aliphatic heterocycles. The summed E-state index contributed by atoms with van der Waals surface area (Å²) in [5, 5.41) is 0. The van der Waals surface area contributed by atoms with Crippen LogP contribution in [-0.2, 0) is 28.6 Å². The van der Waals surface area contributed by atoms with Crippen LogP contribution in [0, 0.1) is 0 Å². The predicted octanol–water partition coefficient (Wildman–Crippen LogP) is 21.6. The molecule has 6 heteroatoms. The third kappa shape index (κ3) is 58.5. The molecule has 0 radical (unpaired) electrons. The van der Waals surface area contributed by atoms with Gasteiger partial charge in [0, 0.05) is 19.3 Å². The van der Waals surface area contributed by atoms with Crippen LogP contribution in [0.4, 0.5) is 0 Å². The number of carbonyl (C=O) groups is 3. The Balaban J connectivity index is 4.32. The van der Waals surface area contributed by atoms with E-state index in [1.165, 1.54) is 225 Å². The monoisotopic (exact) mass is 1010 g/mol. The first-order chi connectivity index (χ1) is 35.5. The molecule has 0 N–H and O–H groups in total. The van der Waals surface area contributed by atoms with Gasteiger partial charge in [-0.2, -0.15) is 0 Å². The predicted molar refractivity (Wildman–Crippen MR) is 312 cm³/mol. The Kier molecular flexibility index (Phi) is 59.2. The van der Waals surface area contributed by atoms with Crippen LogP contribution >= 0.6 is 0 Å². The van der Waals surface area contributed by atoms with Crippen molar-refractivity contribution in [3.63, 3.8) is 0 Å². The topological polar surface area (TPSA) is 78.9 Å². The van der Waals surface area contributed by atoms with Gasteiger partial charge in [0.25, 0.3) is 0 Å². The Morgan fingerprint density at radius 1 is 0.292 bits per heavy atom. The minimum atomic E-state index is -0.774. The summed E-state index contributed by atoms with van der Waals surface area (Å²) in [5.41, 5.74) is 0. The van der Waals surface area contributed by atoms with E-state index in [0.717, 1.165) is 83.5 Å². The molecule has 0 heterocycles. The first kappa shape index (κ1) is 69.6. The van der Waals surface area contributed by atoms with Gasteiger partial charge in [0.15, 0.2) is 6.10 Å². The lowest BCUT2D eigenvalue weighted by Crippen LogP contribution is -2.30. The summed E-state index contributed by atoms with van der Waals surface area (Å²) < 4.78 is 16.9. The van der Waals surface area contributed by atoms with E-state index in [4.69, 9.17) is 14.2 Å². The molecule has 422 valence electrons. The van der Waals surface area contributed by atoms with Crippen molar-refractivity contribution in [1.82, 2.24) is 0 Å². The molecular weight excluding hydrogens is 889 g/mol. The Morgan fingerprint density at radius 3 is 0.847 bits per heavy atom. The first-order valence-electron chi connectivity index (χ1n) is 32.0. The van der Waals surface area contributed by atoms with E-state index in [2.05, 4.69) is 57.2 Å². The third-order valence-corrected chi connectivity index (χ3v) is 14.4. The number of rotatable bonds is 59. The number of carbonyl (C=O) groups excluding carboxylic acids is 3. The Morgan fingerprint density at radius 2 is 0.542 bits per heavy atom. The molecule has 0 fully saturated rings. The molecule has 0 bridgehead atoms. The van der Waals surface area contributed by atoms with E-state index in [-0.39, 0.29) is 31.1 Å². The number of hydrogen-bond acceptors (Lipinski definition) is 6. The second-order valence-electron chi connectivity index (χ2n) is 21.7. The van der Waals surface area contributed by atoms with Gasteiger partial charge < -0.3 is 14.2 Å². The number of allylic oxidation sites excluding steroid dienone is 6. The molecule has 0 aromatic rings. The third-order valence-electron chi connectivity index (χ3n) is 14.4. The molecule has 0 aliphatic rings. The lowest BCUT2D eigenvalue weighted by Gasteiger charge is -2.18. The maximum absolute atomic E-state index is 12.9. The van der Waals surface area contributed by atoms with Crippen molar-refractivity contribution in [1.29, 1.82) is 0 Å². The zero-order chi connectivity index (χ0) is 52.2. The molecule has 0 rings (SSSR count). The van der Waals surface area contributed by atoms with E-state index in [1.807, 2.05) is 0 Å². The van der Waals surface area contributed by atoms with Crippen LogP contribution in [0.2, 0.25) is 0 Å². The van der Waals surface area contributed by atoms with E-state index in [1.54, 1.807) is 0 Å². The van der Waals surface area contributed by atoms with Gasteiger partial charge in [-0.15, -0.1) is 0 Å². The van der Waals surface area contributed by atoms with Crippen LogP contribution < -0.4 is 0 Å². The highest BCUT2D eigenvalue weighted by Gasteiger charge is 2.19. The number of esters is 3. The van der Waals surface area contributed by atoms with Gasteiger partial charge in [-0.25, -0.2) is 0 Å². The summed E-state index contributed by atoms with van der Waals surface area (Å²) in [4.78, 5) is 38.3. The molecule has 0 amide bonds. The summed E-state index contributed by atoms with van der Waals surface area (Å²) in [7, 11) is 0. The second kappa shape index (κ2) is 61.2. The van der Waals surface area contributed by atoms with Crippen LogP contribution in [0.3, 0.4) is 0 Å². The van der Waals surface area contributed by atoms with Crippen molar-refractivity contribution in [2.24, 2.45) is 0 Å². The summed E-state index contributed by atoms with van der Waals surface area (Å²) in [6.45, 7) is 6.59. The van der Waals surface area contributed by atoms with E-state index < -0.39 is 6.10 Å². The van der Waals surface area contributed by atoms with Crippen molar-refractivity contribution in [3.05, 3.63) is 36.5 Å². The van der Waals surface area contributed by atoms with Crippen molar-refractivity contribution in [2.75, 3.05) is 13.2 Å². The fraction of sp³-hybridized carbons (Fsp3) is 0.864. The molecule has 6 nitrogen and oxygen atoms in total. The van der Waals surface area contributed by atoms with Crippen LogP contribution in [0.15, 0.2) is 36.5 Å². The zero-order valence-electron chi connectivity index (χ0n) is 48.5.